The zero-order chi connectivity index (χ0) is 24.5. The highest BCUT2D eigenvalue weighted by atomic mass is 35.5. The number of benzene rings is 3. The van der Waals surface area contributed by atoms with E-state index in [4.69, 9.17) is 23.2 Å². The number of sulfonamides is 1. The molecule has 10 heteroatoms. The minimum Gasteiger partial charge on any atom is -0.465 e. The summed E-state index contributed by atoms with van der Waals surface area (Å²) in [6.45, 7) is 0.289. The molecule has 1 aliphatic heterocycles. The molecule has 0 aromatic heterocycles. The molecule has 0 fully saturated rings. The molecule has 4 rings (SSSR count). The van der Waals surface area contributed by atoms with E-state index in [0.717, 1.165) is 5.56 Å². The summed E-state index contributed by atoms with van der Waals surface area (Å²) in [5.74, 6) is -1.03. The molecule has 1 heterocycles. The number of carbonyl (C=O) groups is 2. The van der Waals surface area contributed by atoms with Crippen molar-refractivity contribution in [2.75, 3.05) is 23.3 Å². The van der Waals surface area contributed by atoms with Crippen molar-refractivity contribution in [3.05, 3.63) is 87.4 Å². The molecule has 3 aromatic rings. The van der Waals surface area contributed by atoms with E-state index in [1.165, 1.54) is 41.7 Å². The highest BCUT2D eigenvalue weighted by molar-refractivity contribution is 7.92. The molecule has 0 unspecified atom stereocenters. The quantitative estimate of drug-likeness (QED) is 0.470. The van der Waals surface area contributed by atoms with E-state index in [-0.39, 0.29) is 27.6 Å². The second-order valence-corrected chi connectivity index (χ2v) is 10.3. The molecule has 1 aliphatic rings. The van der Waals surface area contributed by atoms with Crippen molar-refractivity contribution in [2.24, 2.45) is 0 Å². The number of aryl methyl sites for hydroxylation is 1. The first-order valence-corrected chi connectivity index (χ1v) is 12.5. The predicted octanol–water partition coefficient (Wildman–Crippen LogP) is 5.17. The van der Waals surface area contributed by atoms with Crippen LogP contribution in [0.1, 0.15) is 32.7 Å². The highest BCUT2D eigenvalue weighted by Gasteiger charge is 2.30. The summed E-state index contributed by atoms with van der Waals surface area (Å²) in [6, 6.07) is 15.5. The SMILES string of the molecule is COC(=O)c1ccc(NC(=O)c2ccc3c(c2)N(S(=O)(=O)c2cccc(Cl)c2)CCC3)cc1Cl. The number of nitrogens with zero attached hydrogens (tertiary/aromatic N) is 1. The fourth-order valence-electron chi connectivity index (χ4n) is 3.76. The van der Waals surface area contributed by atoms with Crippen LogP contribution in [-0.4, -0.2) is 33.9 Å². The van der Waals surface area contributed by atoms with Gasteiger partial charge in [-0.2, -0.15) is 0 Å². The smallest absolute Gasteiger partial charge is 0.339 e. The Morgan fingerprint density at radius 3 is 2.53 bits per heavy atom. The van der Waals surface area contributed by atoms with Crippen molar-refractivity contribution < 1.29 is 22.7 Å². The number of nitrogens with one attached hydrogen (secondary N) is 1. The number of ether oxygens (including phenoxy) is 1. The topological polar surface area (TPSA) is 92.8 Å². The second kappa shape index (κ2) is 9.66. The summed E-state index contributed by atoms with van der Waals surface area (Å²) in [5.41, 5.74) is 2.12. The molecule has 1 N–H and O–H groups in total. The van der Waals surface area contributed by atoms with Gasteiger partial charge >= 0.3 is 5.97 Å². The van der Waals surface area contributed by atoms with E-state index in [2.05, 4.69) is 10.1 Å². The Hall–Kier alpha value is -3.07. The fourth-order valence-corrected chi connectivity index (χ4v) is 5.85. The maximum absolute atomic E-state index is 13.3. The lowest BCUT2D eigenvalue weighted by Crippen LogP contribution is -2.35. The van der Waals surface area contributed by atoms with E-state index >= 15 is 0 Å². The molecule has 0 saturated heterocycles. The minimum atomic E-state index is -3.86. The van der Waals surface area contributed by atoms with Crippen LogP contribution in [0.5, 0.6) is 0 Å². The maximum atomic E-state index is 13.3. The molecule has 34 heavy (non-hydrogen) atoms. The first kappa shape index (κ1) is 24.1. The third kappa shape index (κ3) is 4.75. The average molecular weight is 519 g/mol. The van der Waals surface area contributed by atoms with Gasteiger partial charge in [0.05, 0.1) is 28.3 Å². The lowest BCUT2D eigenvalue weighted by molar-refractivity contribution is 0.0601. The summed E-state index contributed by atoms with van der Waals surface area (Å²) >= 11 is 12.1. The monoisotopic (exact) mass is 518 g/mol. The van der Waals surface area contributed by atoms with Gasteiger partial charge in [-0.1, -0.05) is 35.3 Å². The van der Waals surface area contributed by atoms with Crippen LogP contribution in [0.4, 0.5) is 11.4 Å². The van der Waals surface area contributed by atoms with Crippen molar-refractivity contribution >= 4 is 56.5 Å². The zero-order valence-electron chi connectivity index (χ0n) is 18.0. The summed E-state index contributed by atoms with van der Waals surface area (Å²) in [7, 11) is -2.61. The van der Waals surface area contributed by atoms with Crippen LogP contribution in [0.25, 0.3) is 0 Å². The number of esters is 1. The van der Waals surface area contributed by atoms with Gasteiger partial charge in [0.2, 0.25) is 0 Å². The number of fused-ring (bicyclic) bond motifs is 1. The normalized spacial score (nSPS) is 13.2. The van der Waals surface area contributed by atoms with E-state index in [1.807, 2.05) is 0 Å². The maximum Gasteiger partial charge on any atom is 0.339 e. The molecule has 1 amide bonds. The molecule has 0 spiro atoms. The van der Waals surface area contributed by atoms with E-state index in [1.54, 1.807) is 30.3 Å². The van der Waals surface area contributed by atoms with Crippen molar-refractivity contribution in [1.82, 2.24) is 0 Å². The Morgan fingerprint density at radius 2 is 1.82 bits per heavy atom. The van der Waals surface area contributed by atoms with Crippen LogP contribution in [0, 0.1) is 0 Å². The number of carbonyl (C=O) groups excluding carboxylic acids is 2. The van der Waals surface area contributed by atoms with Gasteiger partial charge in [-0.15, -0.1) is 0 Å². The Morgan fingerprint density at radius 1 is 1.03 bits per heavy atom. The summed E-state index contributed by atoms with van der Waals surface area (Å²) < 4.78 is 32.7. The fraction of sp³-hybridized carbons (Fsp3) is 0.167. The zero-order valence-corrected chi connectivity index (χ0v) is 20.4. The highest BCUT2D eigenvalue weighted by Crippen LogP contribution is 2.34. The number of hydrogen-bond donors (Lipinski definition) is 1. The van der Waals surface area contributed by atoms with Crippen molar-refractivity contribution in [2.45, 2.75) is 17.7 Å². The van der Waals surface area contributed by atoms with Crippen LogP contribution in [0.15, 0.2) is 65.6 Å². The van der Waals surface area contributed by atoms with Gasteiger partial charge in [0, 0.05) is 22.8 Å². The van der Waals surface area contributed by atoms with Crippen LogP contribution < -0.4 is 9.62 Å². The average Bonchev–Trinajstić information content (AvgIpc) is 2.83. The first-order valence-electron chi connectivity index (χ1n) is 10.3. The lowest BCUT2D eigenvalue weighted by atomic mass is 10.0. The number of anilines is 2. The van der Waals surface area contributed by atoms with Gasteiger partial charge in [0.25, 0.3) is 15.9 Å². The third-order valence-electron chi connectivity index (χ3n) is 5.44. The molecule has 0 saturated carbocycles. The number of amides is 1. The number of methoxy groups -OCH3 is 1. The Kier molecular flexibility index (Phi) is 6.84. The number of rotatable bonds is 5. The molecular formula is C24H20Cl2N2O5S. The van der Waals surface area contributed by atoms with Crippen molar-refractivity contribution in [1.29, 1.82) is 0 Å². The molecular weight excluding hydrogens is 499 g/mol. The Balaban J connectivity index is 1.63. The van der Waals surface area contributed by atoms with E-state index in [0.29, 0.717) is 29.2 Å². The van der Waals surface area contributed by atoms with E-state index in [9.17, 15) is 18.0 Å². The van der Waals surface area contributed by atoms with Gasteiger partial charge in [0.1, 0.15) is 0 Å². The van der Waals surface area contributed by atoms with Crippen molar-refractivity contribution in [3.8, 4) is 0 Å². The molecule has 0 atom stereocenters. The molecule has 3 aromatic carbocycles. The van der Waals surface area contributed by atoms with Gasteiger partial charge in [0.15, 0.2) is 0 Å². The van der Waals surface area contributed by atoms with Crippen LogP contribution in [0.2, 0.25) is 10.0 Å². The largest absolute Gasteiger partial charge is 0.465 e. The van der Waals surface area contributed by atoms with Crippen LogP contribution >= 0.6 is 23.2 Å². The summed E-state index contributed by atoms with van der Waals surface area (Å²) in [6.07, 6.45) is 1.35. The van der Waals surface area contributed by atoms with Gasteiger partial charge in [-0.3, -0.25) is 9.10 Å². The summed E-state index contributed by atoms with van der Waals surface area (Å²) in [5, 5.41) is 3.18. The molecule has 0 radical (unpaired) electrons. The van der Waals surface area contributed by atoms with Crippen LogP contribution in [-0.2, 0) is 21.2 Å². The minimum absolute atomic E-state index is 0.0862. The molecule has 176 valence electrons. The lowest BCUT2D eigenvalue weighted by Gasteiger charge is -2.31. The summed E-state index contributed by atoms with van der Waals surface area (Å²) in [4.78, 5) is 24.7. The Bertz CT molecular complexity index is 1390. The van der Waals surface area contributed by atoms with Gasteiger partial charge < -0.3 is 10.1 Å². The standard InChI is InChI=1S/C24H20Cl2N2O5S/c1-33-24(30)20-10-9-18(14-21(20)26)27-23(29)16-8-7-15-4-3-11-28(22(15)12-16)34(31,32)19-6-2-5-17(25)13-19/h2,5-10,12-14H,3-4,11H2,1H3,(H,27,29). The van der Waals surface area contributed by atoms with Gasteiger partial charge in [-0.05, 0) is 66.9 Å². The first-order chi connectivity index (χ1) is 16.2. The molecule has 0 bridgehead atoms. The number of hydrogen-bond acceptors (Lipinski definition) is 5. The van der Waals surface area contributed by atoms with Crippen molar-refractivity contribution in [3.63, 3.8) is 0 Å². The second-order valence-electron chi connectivity index (χ2n) is 7.62. The van der Waals surface area contributed by atoms with Gasteiger partial charge in [-0.25, -0.2) is 13.2 Å². The van der Waals surface area contributed by atoms with E-state index < -0.39 is 21.9 Å². The van der Waals surface area contributed by atoms with Crippen LogP contribution in [0.3, 0.4) is 0 Å². The third-order valence-corrected chi connectivity index (χ3v) is 7.80. The number of halogens is 2. The predicted molar refractivity (Wildman–Crippen MR) is 131 cm³/mol. The molecule has 0 aliphatic carbocycles. The Labute approximate surface area is 207 Å². The molecule has 7 nitrogen and oxygen atoms in total.